The average Bonchev–Trinajstić information content (AvgIpc) is 2.33. The molecule has 0 aliphatic rings. The summed E-state index contributed by atoms with van der Waals surface area (Å²) in [6.07, 6.45) is 0. The van der Waals surface area contributed by atoms with Crippen LogP contribution in [0.25, 0.3) is 0 Å². The zero-order valence-electron chi connectivity index (χ0n) is 9.78. The highest BCUT2D eigenvalue weighted by Crippen LogP contribution is 2.27. The molecule has 2 nitrogen and oxygen atoms in total. The van der Waals surface area contributed by atoms with E-state index >= 15 is 0 Å². The van der Waals surface area contributed by atoms with Crippen LogP contribution in [-0.2, 0) is 6.61 Å². The van der Waals surface area contributed by atoms with Crippen LogP contribution in [0.5, 0.6) is 11.5 Å². The third-order valence-electron chi connectivity index (χ3n) is 2.69. The van der Waals surface area contributed by atoms with Crippen LogP contribution < -0.4 is 4.74 Å². The summed E-state index contributed by atoms with van der Waals surface area (Å²) in [6, 6.07) is 8.41. The van der Waals surface area contributed by atoms with E-state index in [9.17, 15) is 13.9 Å². The van der Waals surface area contributed by atoms with Crippen molar-refractivity contribution >= 4 is 0 Å². The quantitative estimate of drug-likeness (QED) is 0.902. The summed E-state index contributed by atoms with van der Waals surface area (Å²) in [4.78, 5) is 0. The summed E-state index contributed by atoms with van der Waals surface area (Å²) in [5.41, 5.74) is 0.412. The van der Waals surface area contributed by atoms with Gasteiger partial charge in [-0.25, -0.2) is 8.78 Å². The van der Waals surface area contributed by atoms with Gasteiger partial charge in [0, 0.05) is 5.56 Å². The lowest BCUT2D eigenvalue weighted by atomic mass is 10.2. The molecule has 0 unspecified atom stereocenters. The molecule has 0 heterocycles. The minimum Gasteiger partial charge on any atom is -0.508 e. The van der Waals surface area contributed by atoms with Crippen LogP contribution in [0, 0.1) is 18.6 Å². The molecule has 0 aliphatic carbocycles. The first-order valence-electron chi connectivity index (χ1n) is 5.44. The summed E-state index contributed by atoms with van der Waals surface area (Å²) in [7, 11) is 0. The fourth-order valence-corrected chi connectivity index (χ4v) is 1.58. The molecule has 2 aromatic rings. The monoisotopic (exact) mass is 250 g/mol. The van der Waals surface area contributed by atoms with E-state index in [0.29, 0.717) is 11.3 Å². The molecule has 94 valence electrons. The first-order valence-corrected chi connectivity index (χ1v) is 5.44. The number of hydrogen-bond donors (Lipinski definition) is 1. The molecule has 0 bridgehead atoms. The second-order valence-corrected chi connectivity index (χ2v) is 3.89. The van der Waals surface area contributed by atoms with Gasteiger partial charge in [0.1, 0.15) is 29.7 Å². The Hall–Kier alpha value is -2.10. The Morgan fingerprint density at radius 3 is 2.33 bits per heavy atom. The van der Waals surface area contributed by atoms with Crippen molar-refractivity contribution in [2.75, 3.05) is 0 Å². The molecular weight excluding hydrogens is 238 g/mol. The predicted molar refractivity (Wildman–Crippen MR) is 63.5 cm³/mol. The SMILES string of the molecule is Cc1c(O)cccc1OCc1c(F)cccc1F. The molecule has 0 amide bonds. The molecule has 4 heteroatoms. The fourth-order valence-electron chi connectivity index (χ4n) is 1.58. The third kappa shape index (κ3) is 2.42. The lowest BCUT2D eigenvalue weighted by molar-refractivity contribution is 0.289. The molecule has 0 aromatic heterocycles. The van der Waals surface area contributed by atoms with Crippen molar-refractivity contribution in [3.63, 3.8) is 0 Å². The zero-order chi connectivity index (χ0) is 13.1. The molecule has 18 heavy (non-hydrogen) atoms. The van der Waals surface area contributed by atoms with Crippen molar-refractivity contribution in [2.24, 2.45) is 0 Å². The Labute approximate surface area is 103 Å². The van der Waals surface area contributed by atoms with E-state index in [4.69, 9.17) is 4.74 Å². The highest BCUT2D eigenvalue weighted by atomic mass is 19.1. The Morgan fingerprint density at radius 2 is 1.67 bits per heavy atom. The van der Waals surface area contributed by atoms with Crippen LogP contribution in [0.2, 0.25) is 0 Å². The van der Waals surface area contributed by atoms with E-state index in [1.807, 2.05) is 0 Å². The summed E-state index contributed by atoms with van der Waals surface area (Å²) in [5.74, 6) is -0.806. The van der Waals surface area contributed by atoms with Gasteiger partial charge in [-0.2, -0.15) is 0 Å². The van der Waals surface area contributed by atoms with Gasteiger partial charge in [0.2, 0.25) is 0 Å². The largest absolute Gasteiger partial charge is 0.508 e. The number of phenolic OH excluding ortho intramolecular Hbond substituents is 1. The number of rotatable bonds is 3. The van der Waals surface area contributed by atoms with Gasteiger partial charge in [-0.1, -0.05) is 12.1 Å². The predicted octanol–water partition coefficient (Wildman–Crippen LogP) is 3.56. The third-order valence-corrected chi connectivity index (χ3v) is 2.69. The minimum absolute atomic E-state index is 0.0847. The Bertz CT molecular complexity index is 547. The van der Waals surface area contributed by atoms with E-state index in [0.717, 1.165) is 0 Å². The lowest BCUT2D eigenvalue weighted by Crippen LogP contribution is -2.02. The van der Waals surface area contributed by atoms with Crippen LogP contribution >= 0.6 is 0 Å². The molecule has 0 aliphatic heterocycles. The molecule has 0 atom stereocenters. The van der Waals surface area contributed by atoms with E-state index in [-0.39, 0.29) is 17.9 Å². The second kappa shape index (κ2) is 5.04. The van der Waals surface area contributed by atoms with Crippen LogP contribution in [-0.4, -0.2) is 5.11 Å². The first-order chi connectivity index (χ1) is 8.59. The Kier molecular flexibility index (Phi) is 3.46. The summed E-state index contributed by atoms with van der Waals surface area (Å²) in [5, 5.41) is 9.48. The van der Waals surface area contributed by atoms with Crippen LogP contribution in [0.4, 0.5) is 8.78 Å². The Balaban J connectivity index is 2.19. The number of hydrogen-bond acceptors (Lipinski definition) is 2. The number of phenols is 1. The van der Waals surface area contributed by atoms with Crippen LogP contribution in [0.15, 0.2) is 36.4 Å². The van der Waals surface area contributed by atoms with E-state index in [1.165, 1.54) is 24.3 Å². The average molecular weight is 250 g/mol. The molecule has 2 rings (SSSR count). The van der Waals surface area contributed by atoms with Gasteiger partial charge in [-0.3, -0.25) is 0 Å². The molecule has 0 spiro atoms. The topological polar surface area (TPSA) is 29.5 Å². The van der Waals surface area contributed by atoms with E-state index < -0.39 is 11.6 Å². The molecule has 0 fully saturated rings. The van der Waals surface area contributed by atoms with Gasteiger partial charge in [-0.05, 0) is 31.2 Å². The number of benzene rings is 2. The van der Waals surface area contributed by atoms with Crippen LogP contribution in [0.1, 0.15) is 11.1 Å². The maximum absolute atomic E-state index is 13.4. The van der Waals surface area contributed by atoms with Crippen molar-refractivity contribution in [3.05, 3.63) is 59.2 Å². The van der Waals surface area contributed by atoms with Gasteiger partial charge in [0.15, 0.2) is 0 Å². The number of aromatic hydroxyl groups is 1. The smallest absolute Gasteiger partial charge is 0.132 e. The van der Waals surface area contributed by atoms with Crippen LogP contribution in [0.3, 0.4) is 0 Å². The standard InChI is InChI=1S/C14H12F2O2/c1-9-13(17)6-3-7-14(9)18-8-10-11(15)4-2-5-12(10)16/h2-7,17H,8H2,1H3. The molecule has 0 saturated carbocycles. The molecule has 0 saturated heterocycles. The maximum Gasteiger partial charge on any atom is 0.132 e. The maximum atomic E-state index is 13.4. The minimum atomic E-state index is -0.646. The van der Waals surface area contributed by atoms with Crippen molar-refractivity contribution in [1.82, 2.24) is 0 Å². The van der Waals surface area contributed by atoms with Crippen molar-refractivity contribution in [1.29, 1.82) is 0 Å². The van der Waals surface area contributed by atoms with Crippen molar-refractivity contribution in [3.8, 4) is 11.5 Å². The summed E-state index contributed by atoms with van der Waals surface area (Å²) in [6.45, 7) is 1.45. The van der Waals surface area contributed by atoms with E-state index in [2.05, 4.69) is 0 Å². The first kappa shape index (κ1) is 12.4. The van der Waals surface area contributed by atoms with Crippen molar-refractivity contribution < 1.29 is 18.6 Å². The molecule has 1 N–H and O–H groups in total. The van der Waals surface area contributed by atoms with Crippen molar-refractivity contribution in [2.45, 2.75) is 13.5 Å². The van der Waals surface area contributed by atoms with E-state index in [1.54, 1.807) is 19.1 Å². The number of halogens is 2. The van der Waals surface area contributed by atoms with Gasteiger partial charge in [-0.15, -0.1) is 0 Å². The highest BCUT2D eigenvalue weighted by Gasteiger charge is 2.10. The molecule has 2 aromatic carbocycles. The fraction of sp³-hybridized carbons (Fsp3) is 0.143. The highest BCUT2D eigenvalue weighted by molar-refractivity contribution is 5.42. The van der Waals surface area contributed by atoms with Gasteiger partial charge < -0.3 is 9.84 Å². The number of ether oxygens (including phenoxy) is 1. The second-order valence-electron chi connectivity index (χ2n) is 3.89. The normalized spacial score (nSPS) is 10.4. The van der Waals surface area contributed by atoms with Gasteiger partial charge in [0.05, 0.1) is 5.56 Å². The lowest BCUT2D eigenvalue weighted by Gasteiger charge is -2.11. The Morgan fingerprint density at radius 1 is 1.06 bits per heavy atom. The van der Waals surface area contributed by atoms with Gasteiger partial charge in [0.25, 0.3) is 0 Å². The summed E-state index contributed by atoms with van der Waals surface area (Å²) < 4.78 is 32.1. The summed E-state index contributed by atoms with van der Waals surface area (Å²) >= 11 is 0. The molecule has 0 radical (unpaired) electrons. The zero-order valence-corrected chi connectivity index (χ0v) is 9.78. The molecular formula is C14H12F2O2. The van der Waals surface area contributed by atoms with Gasteiger partial charge >= 0.3 is 0 Å².